The van der Waals surface area contributed by atoms with E-state index in [1.807, 2.05) is 44.2 Å². The average molecular weight is 383 g/mol. The molecule has 29 heavy (non-hydrogen) atoms. The predicted molar refractivity (Wildman–Crippen MR) is 116 cm³/mol. The van der Waals surface area contributed by atoms with E-state index in [1.54, 1.807) is 47.0 Å². The smallest absolute Gasteiger partial charge is 0.259 e. The van der Waals surface area contributed by atoms with Crippen molar-refractivity contribution in [1.29, 1.82) is 0 Å². The number of hydrogen-bond donors (Lipinski definition) is 2. The number of anilines is 2. The summed E-state index contributed by atoms with van der Waals surface area (Å²) in [6, 6.07) is 20.2. The van der Waals surface area contributed by atoms with Crippen LogP contribution >= 0.6 is 0 Å². The molecule has 0 atom stereocenters. The number of hydrogen-bond acceptors (Lipinski definition) is 3. The number of rotatable bonds is 4. The molecule has 5 heteroatoms. The molecule has 0 radical (unpaired) electrons. The van der Waals surface area contributed by atoms with Crippen LogP contribution in [0.3, 0.4) is 0 Å². The summed E-state index contributed by atoms with van der Waals surface area (Å²) in [7, 11) is 0. The van der Waals surface area contributed by atoms with E-state index >= 15 is 0 Å². The van der Waals surface area contributed by atoms with Gasteiger partial charge in [-0.1, -0.05) is 42.5 Å². The number of aryl methyl sites for hydroxylation is 2. The lowest BCUT2D eigenvalue weighted by atomic mass is 10.1. The van der Waals surface area contributed by atoms with Crippen molar-refractivity contribution in [3.05, 3.63) is 101 Å². The third-order valence-corrected chi connectivity index (χ3v) is 4.84. The molecule has 4 rings (SSSR count). The Kier molecular flexibility index (Phi) is 4.64. The summed E-state index contributed by atoms with van der Waals surface area (Å²) in [4.78, 5) is 26.3. The highest BCUT2D eigenvalue weighted by atomic mass is 16.2. The topological polar surface area (TPSA) is 76.6 Å². The van der Waals surface area contributed by atoms with Crippen molar-refractivity contribution in [1.82, 2.24) is 4.40 Å². The second-order valence-corrected chi connectivity index (χ2v) is 7.12. The van der Waals surface area contributed by atoms with Gasteiger partial charge in [0.2, 0.25) is 5.78 Å². The summed E-state index contributed by atoms with van der Waals surface area (Å²) < 4.78 is 1.68. The predicted octanol–water partition coefficient (Wildman–Crippen LogP) is 4.62. The first-order chi connectivity index (χ1) is 14.0. The van der Waals surface area contributed by atoms with E-state index in [0.29, 0.717) is 22.3 Å². The molecule has 1 amide bonds. The number of carbonyl (C=O) groups excluding carboxylic acids is 2. The van der Waals surface area contributed by atoms with Crippen LogP contribution in [-0.2, 0) is 0 Å². The number of fused-ring (bicyclic) bond motifs is 1. The summed E-state index contributed by atoms with van der Waals surface area (Å²) in [6.45, 7) is 3.95. The van der Waals surface area contributed by atoms with Crippen LogP contribution in [-0.4, -0.2) is 16.1 Å². The van der Waals surface area contributed by atoms with Gasteiger partial charge in [0, 0.05) is 17.4 Å². The first-order valence-electron chi connectivity index (χ1n) is 9.33. The number of ketones is 1. The molecule has 4 aromatic rings. The molecule has 0 fully saturated rings. The fraction of sp³-hybridized carbons (Fsp3) is 0.0833. The second kappa shape index (κ2) is 7.28. The molecule has 0 saturated carbocycles. The molecule has 0 unspecified atom stereocenters. The Balaban J connectivity index is 1.82. The van der Waals surface area contributed by atoms with Gasteiger partial charge >= 0.3 is 0 Å². The van der Waals surface area contributed by atoms with Crippen LogP contribution in [0.4, 0.5) is 11.4 Å². The van der Waals surface area contributed by atoms with Gasteiger partial charge < -0.3 is 15.5 Å². The van der Waals surface area contributed by atoms with E-state index in [2.05, 4.69) is 5.32 Å². The normalized spacial score (nSPS) is 10.8. The van der Waals surface area contributed by atoms with Crippen molar-refractivity contribution >= 4 is 28.6 Å². The van der Waals surface area contributed by atoms with Crippen molar-refractivity contribution in [2.75, 3.05) is 11.1 Å². The van der Waals surface area contributed by atoms with Crippen LogP contribution < -0.4 is 11.1 Å². The number of aromatic nitrogens is 1. The molecule has 0 spiro atoms. The van der Waals surface area contributed by atoms with Gasteiger partial charge in [-0.25, -0.2) is 0 Å². The maximum Gasteiger partial charge on any atom is 0.259 e. The first kappa shape index (κ1) is 18.5. The maximum atomic E-state index is 13.1. The van der Waals surface area contributed by atoms with Gasteiger partial charge in [0.15, 0.2) is 0 Å². The SMILES string of the molecule is Cc1cc(C)cc(NC(=O)c2c(N)c(C(=O)c3ccccc3)n3ccccc23)c1. The lowest BCUT2D eigenvalue weighted by Crippen LogP contribution is -2.14. The van der Waals surface area contributed by atoms with Gasteiger partial charge in [0.1, 0.15) is 5.69 Å². The molecule has 2 aromatic heterocycles. The Morgan fingerprint density at radius 1 is 0.897 bits per heavy atom. The van der Waals surface area contributed by atoms with Crippen LogP contribution in [0, 0.1) is 13.8 Å². The Labute approximate surface area is 168 Å². The van der Waals surface area contributed by atoms with Crippen molar-refractivity contribution < 1.29 is 9.59 Å². The summed E-state index contributed by atoms with van der Waals surface area (Å²) >= 11 is 0. The molecule has 0 aliphatic heterocycles. The highest BCUT2D eigenvalue weighted by Crippen LogP contribution is 2.29. The summed E-state index contributed by atoms with van der Waals surface area (Å²) in [5.41, 5.74) is 11.0. The van der Waals surface area contributed by atoms with E-state index in [9.17, 15) is 9.59 Å². The minimum Gasteiger partial charge on any atom is -0.396 e. The highest BCUT2D eigenvalue weighted by Gasteiger charge is 2.26. The van der Waals surface area contributed by atoms with Gasteiger partial charge in [-0.3, -0.25) is 9.59 Å². The number of nitrogens with zero attached hydrogens (tertiary/aromatic N) is 1. The quantitative estimate of drug-likeness (QED) is 0.505. The standard InChI is InChI=1S/C24H21N3O2/c1-15-12-16(2)14-18(13-15)26-24(29)20-19-10-6-7-11-27(19)22(21(20)25)23(28)17-8-4-3-5-9-17/h3-14H,25H2,1-2H3,(H,26,29). The lowest BCUT2D eigenvalue weighted by molar-refractivity contribution is 0.102. The van der Waals surface area contributed by atoms with Crippen molar-refractivity contribution in [2.24, 2.45) is 0 Å². The minimum atomic E-state index is -0.344. The van der Waals surface area contributed by atoms with E-state index in [4.69, 9.17) is 5.73 Å². The molecule has 2 heterocycles. The summed E-state index contributed by atoms with van der Waals surface area (Å²) in [5.74, 6) is -0.571. The molecule has 0 bridgehead atoms. The number of carbonyl (C=O) groups is 2. The molecule has 0 aliphatic rings. The Bertz CT molecular complexity index is 1220. The lowest BCUT2D eigenvalue weighted by Gasteiger charge is -2.08. The molecule has 5 nitrogen and oxygen atoms in total. The maximum absolute atomic E-state index is 13.1. The first-order valence-corrected chi connectivity index (χ1v) is 9.33. The van der Waals surface area contributed by atoms with Crippen molar-refractivity contribution in [3.63, 3.8) is 0 Å². The monoisotopic (exact) mass is 383 g/mol. The zero-order valence-electron chi connectivity index (χ0n) is 16.3. The molecular weight excluding hydrogens is 362 g/mol. The van der Waals surface area contributed by atoms with E-state index in [0.717, 1.165) is 11.1 Å². The molecule has 0 aliphatic carbocycles. The number of amides is 1. The van der Waals surface area contributed by atoms with Crippen LogP contribution in [0.2, 0.25) is 0 Å². The van der Waals surface area contributed by atoms with E-state index in [-0.39, 0.29) is 23.1 Å². The van der Waals surface area contributed by atoms with E-state index < -0.39 is 0 Å². The van der Waals surface area contributed by atoms with E-state index in [1.165, 1.54) is 0 Å². The highest BCUT2D eigenvalue weighted by molar-refractivity contribution is 6.20. The summed E-state index contributed by atoms with van der Waals surface area (Å²) in [6.07, 6.45) is 1.75. The largest absolute Gasteiger partial charge is 0.396 e. The van der Waals surface area contributed by atoms with Gasteiger partial charge in [0.05, 0.1) is 16.8 Å². The van der Waals surface area contributed by atoms with Gasteiger partial charge in [-0.2, -0.15) is 0 Å². The molecule has 2 aromatic carbocycles. The number of nitrogen functional groups attached to an aromatic ring is 1. The minimum absolute atomic E-state index is 0.173. The van der Waals surface area contributed by atoms with Crippen LogP contribution in [0.25, 0.3) is 5.52 Å². The summed E-state index contributed by atoms with van der Waals surface area (Å²) in [5, 5.41) is 2.92. The fourth-order valence-electron chi connectivity index (χ4n) is 3.67. The van der Waals surface area contributed by atoms with Crippen LogP contribution in [0.15, 0.2) is 72.9 Å². The average Bonchev–Trinajstić information content (AvgIpc) is 2.99. The third-order valence-electron chi connectivity index (χ3n) is 4.84. The van der Waals surface area contributed by atoms with Crippen LogP contribution in [0.5, 0.6) is 0 Å². The van der Waals surface area contributed by atoms with Crippen LogP contribution in [0.1, 0.15) is 37.5 Å². The number of nitrogens with one attached hydrogen (secondary N) is 1. The zero-order chi connectivity index (χ0) is 20.5. The van der Waals surface area contributed by atoms with Gasteiger partial charge in [0.25, 0.3) is 5.91 Å². The van der Waals surface area contributed by atoms with Gasteiger partial charge in [-0.05, 0) is 49.2 Å². The zero-order valence-corrected chi connectivity index (χ0v) is 16.3. The number of pyridine rings is 1. The Morgan fingerprint density at radius 2 is 1.55 bits per heavy atom. The Hall–Kier alpha value is -3.86. The third kappa shape index (κ3) is 3.38. The molecule has 0 saturated heterocycles. The molecule has 144 valence electrons. The second-order valence-electron chi connectivity index (χ2n) is 7.12. The van der Waals surface area contributed by atoms with Crippen molar-refractivity contribution in [3.8, 4) is 0 Å². The fourth-order valence-corrected chi connectivity index (χ4v) is 3.67. The molecular formula is C24H21N3O2. The number of benzene rings is 2. The number of nitrogens with two attached hydrogens (primary N) is 1. The van der Waals surface area contributed by atoms with Crippen molar-refractivity contribution in [2.45, 2.75) is 13.8 Å². The Morgan fingerprint density at radius 3 is 2.24 bits per heavy atom. The molecule has 3 N–H and O–H groups in total. The van der Waals surface area contributed by atoms with Gasteiger partial charge in [-0.15, -0.1) is 0 Å².